The number of benzene rings is 1. The van der Waals surface area contributed by atoms with Gasteiger partial charge in [-0.25, -0.2) is 9.98 Å². The molecule has 0 aliphatic heterocycles. The van der Waals surface area contributed by atoms with Gasteiger partial charge in [0.05, 0.1) is 30.0 Å². The molecule has 1 unspecified atom stereocenters. The van der Waals surface area contributed by atoms with Crippen LogP contribution in [0.2, 0.25) is 0 Å². The summed E-state index contributed by atoms with van der Waals surface area (Å²) in [4.78, 5) is 9.34. The Morgan fingerprint density at radius 1 is 1.23 bits per heavy atom. The minimum absolute atomic E-state index is 0.323. The predicted molar refractivity (Wildman–Crippen MR) is 122 cm³/mol. The molecule has 7 nitrogen and oxygen atoms in total. The summed E-state index contributed by atoms with van der Waals surface area (Å²) in [7, 11) is 1.83. The van der Waals surface area contributed by atoms with Gasteiger partial charge in [-0.2, -0.15) is 5.10 Å². The highest BCUT2D eigenvalue weighted by Crippen LogP contribution is 2.18. The molecular formula is C22H30N6OS. The summed E-state index contributed by atoms with van der Waals surface area (Å²) in [5, 5.41) is 24.5. The first-order valence-corrected chi connectivity index (χ1v) is 11.0. The zero-order chi connectivity index (χ0) is 21.4. The number of aliphatic hydroxyl groups is 1. The van der Waals surface area contributed by atoms with Crippen LogP contribution in [0.1, 0.15) is 35.7 Å². The van der Waals surface area contributed by atoms with E-state index >= 15 is 0 Å². The van der Waals surface area contributed by atoms with Crippen molar-refractivity contribution in [2.24, 2.45) is 12.0 Å². The van der Waals surface area contributed by atoms with E-state index in [1.54, 1.807) is 29.1 Å². The fourth-order valence-corrected chi connectivity index (χ4v) is 3.78. The van der Waals surface area contributed by atoms with Gasteiger partial charge in [-0.3, -0.25) is 4.68 Å². The Morgan fingerprint density at radius 3 is 2.73 bits per heavy atom. The number of rotatable bonds is 9. The number of nitrogens with one attached hydrogen (secondary N) is 2. The first-order chi connectivity index (χ1) is 14.5. The summed E-state index contributed by atoms with van der Waals surface area (Å²) in [5.41, 5.74) is 2.00. The Morgan fingerprint density at radius 2 is 2.03 bits per heavy atom. The number of nitrogens with zero attached hydrogens (tertiary/aromatic N) is 4. The van der Waals surface area contributed by atoms with Crippen molar-refractivity contribution in [2.75, 3.05) is 13.1 Å². The molecule has 0 bridgehead atoms. The lowest BCUT2D eigenvalue weighted by atomic mass is 10.00. The second-order valence-electron chi connectivity index (χ2n) is 7.44. The summed E-state index contributed by atoms with van der Waals surface area (Å²) in [6.07, 6.45) is 5.42. The van der Waals surface area contributed by atoms with E-state index in [-0.39, 0.29) is 0 Å². The van der Waals surface area contributed by atoms with Gasteiger partial charge in [0.25, 0.3) is 0 Å². The molecule has 160 valence electrons. The molecule has 3 aromatic rings. The van der Waals surface area contributed by atoms with E-state index in [1.807, 2.05) is 26.2 Å². The molecule has 0 saturated heterocycles. The maximum Gasteiger partial charge on any atom is 0.191 e. The smallest absolute Gasteiger partial charge is 0.191 e. The highest BCUT2D eigenvalue weighted by molar-refractivity contribution is 7.09. The molecule has 8 heteroatoms. The number of hydrogen-bond donors (Lipinski definition) is 3. The second-order valence-corrected chi connectivity index (χ2v) is 8.39. The molecule has 0 aliphatic rings. The van der Waals surface area contributed by atoms with Gasteiger partial charge in [0.2, 0.25) is 0 Å². The standard InChI is InChI=1S/C22H30N6OS/c1-4-23-21(25-16-22(2,29)18-12-26-28(3)14-18)24-13-19-15-30-20(27-19)11-10-17-8-6-5-7-9-17/h5-9,12,14-15,29H,4,10-11,13,16H2,1-3H3,(H2,23,24,25). The number of aliphatic imine (C=N–C) groups is 1. The van der Waals surface area contributed by atoms with E-state index in [0.717, 1.165) is 35.7 Å². The lowest BCUT2D eigenvalue weighted by Gasteiger charge is -2.23. The number of hydrogen-bond acceptors (Lipinski definition) is 5. The van der Waals surface area contributed by atoms with Crippen LogP contribution in [0.15, 0.2) is 53.1 Å². The van der Waals surface area contributed by atoms with Gasteiger partial charge < -0.3 is 15.7 Å². The van der Waals surface area contributed by atoms with Gasteiger partial charge in [-0.1, -0.05) is 30.3 Å². The van der Waals surface area contributed by atoms with Crippen LogP contribution in [0.25, 0.3) is 0 Å². The highest BCUT2D eigenvalue weighted by atomic mass is 32.1. The van der Waals surface area contributed by atoms with Crippen molar-refractivity contribution in [3.05, 3.63) is 69.9 Å². The largest absolute Gasteiger partial charge is 0.383 e. The number of aryl methyl sites for hydroxylation is 3. The molecule has 0 radical (unpaired) electrons. The van der Waals surface area contributed by atoms with Crippen LogP contribution in [0.3, 0.4) is 0 Å². The predicted octanol–water partition coefficient (Wildman–Crippen LogP) is 2.62. The van der Waals surface area contributed by atoms with E-state index < -0.39 is 5.60 Å². The number of thiazole rings is 1. The summed E-state index contributed by atoms with van der Waals surface area (Å²) in [6.45, 7) is 5.33. The normalized spacial score (nSPS) is 13.8. The molecule has 0 saturated carbocycles. The molecule has 2 aromatic heterocycles. The van der Waals surface area contributed by atoms with Gasteiger partial charge in [-0.05, 0) is 25.8 Å². The Labute approximate surface area is 181 Å². The maximum atomic E-state index is 10.7. The van der Waals surface area contributed by atoms with E-state index in [2.05, 4.69) is 50.4 Å². The SMILES string of the molecule is CCNC(=NCc1csc(CCc2ccccc2)n1)NCC(C)(O)c1cnn(C)c1. The summed E-state index contributed by atoms with van der Waals surface area (Å²) >= 11 is 1.68. The number of guanidine groups is 1. The average Bonchev–Trinajstić information content (AvgIpc) is 3.39. The van der Waals surface area contributed by atoms with Gasteiger partial charge in [0.1, 0.15) is 5.60 Å². The topological polar surface area (TPSA) is 87.4 Å². The Bertz CT molecular complexity index is 947. The highest BCUT2D eigenvalue weighted by Gasteiger charge is 2.25. The first-order valence-electron chi connectivity index (χ1n) is 10.2. The molecule has 3 rings (SSSR count). The fourth-order valence-electron chi connectivity index (χ4n) is 2.99. The second kappa shape index (κ2) is 10.4. The monoisotopic (exact) mass is 426 g/mol. The third-order valence-corrected chi connectivity index (χ3v) is 5.70. The van der Waals surface area contributed by atoms with E-state index in [9.17, 15) is 5.11 Å². The minimum atomic E-state index is -1.05. The van der Waals surface area contributed by atoms with Crippen molar-refractivity contribution in [3.63, 3.8) is 0 Å². The van der Waals surface area contributed by atoms with Crippen LogP contribution in [0.5, 0.6) is 0 Å². The molecule has 1 atom stereocenters. The Hall–Kier alpha value is -2.71. The third kappa shape index (κ3) is 6.40. The van der Waals surface area contributed by atoms with Gasteiger partial charge in [0, 0.05) is 37.2 Å². The van der Waals surface area contributed by atoms with E-state index in [0.29, 0.717) is 19.0 Å². The van der Waals surface area contributed by atoms with Crippen LogP contribution in [0, 0.1) is 0 Å². The van der Waals surface area contributed by atoms with Crippen molar-refractivity contribution in [1.29, 1.82) is 0 Å². The van der Waals surface area contributed by atoms with Crippen LogP contribution in [-0.2, 0) is 32.0 Å². The molecule has 0 fully saturated rings. The summed E-state index contributed by atoms with van der Waals surface area (Å²) in [5.74, 6) is 0.653. The van der Waals surface area contributed by atoms with Crippen LogP contribution < -0.4 is 10.6 Å². The first kappa shape index (κ1) is 22.0. The van der Waals surface area contributed by atoms with E-state index in [1.165, 1.54) is 5.56 Å². The summed E-state index contributed by atoms with van der Waals surface area (Å²) in [6, 6.07) is 10.5. The van der Waals surface area contributed by atoms with Gasteiger partial charge in [0.15, 0.2) is 5.96 Å². The van der Waals surface area contributed by atoms with Gasteiger partial charge >= 0.3 is 0 Å². The van der Waals surface area contributed by atoms with Crippen LogP contribution in [-0.4, -0.2) is 38.9 Å². The fraction of sp³-hybridized carbons (Fsp3) is 0.409. The molecular weight excluding hydrogens is 396 g/mol. The van der Waals surface area contributed by atoms with Crippen LogP contribution >= 0.6 is 11.3 Å². The van der Waals surface area contributed by atoms with Gasteiger partial charge in [-0.15, -0.1) is 11.3 Å². The van der Waals surface area contributed by atoms with Crippen LogP contribution in [0.4, 0.5) is 0 Å². The molecule has 2 heterocycles. The molecule has 0 amide bonds. The van der Waals surface area contributed by atoms with Crippen molar-refractivity contribution in [2.45, 2.75) is 38.8 Å². The van der Waals surface area contributed by atoms with E-state index in [4.69, 9.17) is 4.98 Å². The third-order valence-electron chi connectivity index (χ3n) is 4.74. The zero-order valence-corrected chi connectivity index (χ0v) is 18.6. The van der Waals surface area contributed by atoms with Crippen molar-refractivity contribution in [1.82, 2.24) is 25.4 Å². The maximum absolute atomic E-state index is 10.7. The lowest BCUT2D eigenvalue weighted by molar-refractivity contribution is 0.0616. The number of aromatic nitrogens is 3. The summed E-state index contributed by atoms with van der Waals surface area (Å²) < 4.78 is 1.68. The quantitative estimate of drug-likeness (QED) is 0.362. The molecule has 30 heavy (non-hydrogen) atoms. The average molecular weight is 427 g/mol. The molecule has 1 aromatic carbocycles. The molecule has 0 spiro atoms. The minimum Gasteiger partial charge on any atom is -0.383 e. The van der Waals surface area contributed by atoms with Crippen molar-refractivity contribution < 1.29 is 5.11 Å². The van der Waals surface area contributed by atoms with Crippen molar-refractivity contribution in [3.8, 4) is 0 Å². The molecule has 0 aliphatic carbocycles. The Balaban J connectivity index is 1.54. The Kier molecular flexibility index (Phi) is 7.59. The lowest BCUT2D eigenvalue weighted by Crippen LogP contribution is -2.44. The van der Waals surface area contributed by atoms with Crippen molar-refractivity contribution >= 4 is 17.3 Å². The molecule has 3 N–H and O–H groups in total. The zero-order valence-electron chi connectivity index (χ0n) is 17.8.